The third-order valence-corrected chi connectivity index (χ3v) is 4.40. The lowest BCUT2D eigenvalue weighted by atomic mass is 9.95. The van der Waals surface area contributed by atoms with Gasteiger partial charge in [-0.2, -0.15) is 0 Å². The molecule has 5 nitrogen and oxygen atoms in total. The second-order valence-corrected chi connectivity index (χ2v) is 7.52. The molecule has 1 aromatic rings. The number of piperazine rings is 1. The molecule has 0 unspecified atom stereocenters. The molecule has 0 bridgehead atoms. The van der Waals surface area contributed by atoms with Gasteiger partial charge in [0.2, 0.25) is 11.8 Å². The van der Waals surface area contributed by atoms with E-state index in [1.807, 2.05) is 44.7 Å². The largest absolute Gasteiger partial charge is 0.366 e. The molecule has 0 spiro atoms. The van der Waals surface area contributed by atoms with Gasteiger partial charge in [-0.25, -0.2) is 0 Å². The number of carbonyl (C=O) groups excluding carboxylic acids is 2. The van der Waals surface area contributed by atoms with Crippen molar-refractivity contribution in [3.8, 4) is 0 Å². The van der Waals surface area contributed by atoms with Crippen LogP contribution in [0.5, 0.6) is 0 Å². The zero-order chi connectivity index (χ0) is 17.9. The van der Waals surface area contributed by atoms with Gasteiger partial charge in [0.25, 0.3) is 0 Å². The molecule has 2 rings (SSSR count). The summed E-state index contributed by atoms with van der Waals surface area (Å²) >= 11 is 6.11. The van der Waals surface area contributed by atoms with E-state index in [-0.39, 0.29) is 11.8 Å². The van der Waals surface area contributed by atoms with Crippen molar-refractivity contribution in [2.45, 2.75) is 34.1 Å². The Morgan fingerprint density at radius 1 is 1.17 bits per heavy atom. The molecule has 1 N–H and O–H groups in total. The van der Waals surface area contributed by atoms with Crippen LogP contribution in [0.2, 0.25) is 5.02 Å². The van der Waals surface area contributed by atoms with Gasteiger partial charge in [-0.1, -0.05) is 39.3 Å². The number of amides is 2. The molecule has 1 aromatic carbocycles. The summed E-state index contributed by atoms with van der Waals surface area (Å²) in [5.41, 5.74) is 1.18. The Labute approximate surface area is 149 Å². The molecular formula is C18H26ClN3O2. The third-order valence-electron chi connectivity index (χ3n) is 4.16. The number of carbonyl (C=O) groups is 2. The molecule has 2 amide bonds. The van der Waals surface area contributed by atoms with Crippen LogP contribution in [0.1, 0.15) is 34.1 Å². The Morgan fingerprint density at radius 2 is 1.79 bits per heavy atom. The van der Waals surface area contributed by atoms with Gasteiger partial charge in [0.15, 0.2) is 0 Å². The van der Waals surface area contributed by atoms with Crippen LogP contribution in [0, 0.1) is 5.41 Å². The first-order chi connectivity index (χ1) is 11.2. The summed E-state index contributed by atoms with van der Waals surface area (Å²) in [6.45, 7) is 10.4. The van der Waals surface area contributed by atoms with Crippen LogP contribution in [0.25, 0.3) is 0 Å². The second kappa shape index (κ2) is 7.43. The Morgan fingerprint density at radius 3 is 2.33 bits per heavy atom. The maximum absolute atomic E-state index is 12.3. The fourth-order valence-electron chi connectivity index (χ4n) is 2.61. The highest BCUT2D eigenvalue weighted by molar-refractivity contribution is 6.31. The first-order valence-electron chi connectivity index (χ1n) is 8.36. The fourth-order valence-corrected chi connectivity index (χ4v) is 2.79. The van der Waals surface area contributed by atoms with E-state index in [2.05, 4.69) is 10.2 Å². The molecule has 0 aliphatic carbocycles. The van der Waals surface area contributed by atoms with E-state index in [0.29, 0.717) is 24.5 Å². The first-order valence-corrected chi connectivity index (χ1v) is 8.74. The highest BCUT2D eigenvalue weighted by Crippen LogP contribution is 2.31. The summed E-state index contributed by atoms with van der Waals surface area (Å²) in [6, 6.07) is 5.54. The number of halogens is 1. The van der Waals surface area contributed by atoms with E-state index in [9.17, 15) is 9.59 Å². The molecule has 6 heteroatoms. The SMILES string of the molecule is CCC(=O)N1CCN(c2ccc(Cl)cc2NC(=O)C(C)(C)C)CC1. The lowest BCUT2D eigenvalue weighted by Crippen LogP contribution is -2.48. The first kappa shape index (κ1) is 18.6. The van der Waals surface area contributed by atoms with Crippen LogP contribution >= 0.6 is 11.6 Å². The Kier molecular flexibility index (Phi) is 5.75. The molecule has 24 heavy (non-hydrogen) atoms. The maximum Gasteiger partial charge on any atom is 0.229 e. The molecule has 0 radical (unpaired) electrons. The van der Waals surface area contributed by atoms with Crippen LogP contribution in [0.4, 0.5) is 11.4 Å². The zero-order valence-corrected chi connectivity index (χ0v) is 15.6. The van der Waals surface area contributed by atoms with Crippen molar-refractivity contribution < 1.29 is 9.59 Å². The minimum atomic E-state index is -0.480. The van der Waals surface area contributed by atoms with Crippen LogP contribution in [0.3, 0.4) is 0 Å². The highest BCUT2D eigenvalue weighted by atomic mass is 35.5. The van der Waals surface area contributed by atoms with E-state index in [0.717, 1.165) is 24.5 Å². The van der Waals surface area contributed by atoms with Gasteiger partial charge >= 0.3 is 0 Å². The summed E-state index contributed by atoms with van der Waals surface area (Å²) < 4.78 is 0. The molecular weight excluding hydrogens is 326 g/mol. The minimum absolute atomic E-state index is 0.0502. The van der Waals surface area contributed by atoms with E-state index in [1.54, 1.807) is 6.07 Å². The van der Waals surface area contributed by atoms with Crippen LogP contribution in [0.15, 0.2) is 18.2 Å². The van der Waals surface area contributed by atoms with E-state index in [1.165, 1.54) is 0 Å². The highest BCUT2D eigenvalue weighted by Gasteiger charge is 2.25. The molecule has 1 fully saturated rings. The lowest BCUT2D eigenvalue weighted by Gasteiger charge is -2.37. The number of nitrogens with zero attached hydrogens (tertiary/aromatic N) is 2. The van der Waals surface area contributed by atoms with Crippen LogP contribution in [-0.4, -0.2) is 42.9 Å². The quantitative estimate of drug-likeness (QED) is 0.908. The third kappa shape index (κ3) is 4.41. The molecule has 1 aliphatic heterocycles. The average molecular weight is 352 g/mol. The minimum Gasteiger partial charge on any atom is -0.366 e. The summed E-state index contributed by atoms with van der Waals surface area (Å²) in [4.78, 5) is 28.2. The fraction of sp³-hybridized carbons (Fsp3) is 0.556. The summed E-state index contributed by atoms with van der Waals surface area (Å²) in [6.07, 6.45) is 0.536. The molecule has 132 valence electrons. The topological polar surface area (TPSA) is 52.7 Å². The van der Waals surface area contributed by atoms with Crippen LogP contribution < -0.4 is 10.2 Å². The maximum atomic E-state index is 12.3. The van der Waals surface area contributed by atoms with Gasteiger partial charge in [-0.3, -0.25) is 9.59 Å². The number of benzene rings is 1. The molecule has 0 saturated carbocycles. The predicted octanol–water partition coefficient (Wildman–Crippen LogP) is 3.38. The number of hydrogen-bond acceptors (Lipinski definition) is 3. The van der Waals surface area contributed by atoms with Gasteiger partial charge in [-0.15, -0.1) is 0 Å². The van der Waals surface area contributed by atoms with E-state index < -0.39 is 5.41 Å². The van der Waals surface area contributed by atoms with Crippen LogP contribution in [-0.2, 0) is 9.59 Å². The van der Waals surface area contributed by atoms with Crippen molar-refractivity contribution in [1.29, 1.82) is 0 Å². The van der Waals surface area contributed by atoms with E-state index >= 15 is 0 Å². The summed E-state index contributed by atoms with van der Waals surface area (Å²) in [5, 5.41) is 3.57. The van der Waals surface area contributed by atoms with Crippen molar-refractivity contribution in [2.75, 3.05) is 36.4 Å². The molecule has 1 heterocycles. The lowest BCUT2D eigenvalue weighted by molar-refractivity contribution is -0.131. The van der Waals surface area contributed by atoms with Crippen molar-refractivity contribution in [2.24, 2.45) is 5.41 Å². The summed E-state index contributed by atoms with van der Waals surface area (Å²) in [7, 11) is 0. The van der Waals surface area contributed by atoms with Gasteiger partial charge in [-0.05, 0) is 18.2 Å². The Bertz CT molecular complexity index is 617. The molecule has 1 aliphatic rings. The Balaban J connectivity index is 2.16. The van der Waals surface area contributed by atoms with Gasteiger partial charge < -0.3 is 15.1 Å². The number of rotatable bonds is 3. The normalized spacial score (nSPS) is 15.4. The average Bonchev–Trinajstić information content (AvgIpc) is 2.53. The molecule has 0 atom stereocenters. The number of anilines is 2. The monoisotopic (exact) mass is 351 g/mol. The van der Waals surface area contributed by atoms with E-state index in [4.69, 9.17) is 11.6 Å². The number of hydrogen-bond donors (Lipinski definition) is 1. The predicted molar refractivity (Wildman–Crippen MR) is 98.6 cm³/mol. The molecule has 1 saturated heterocycles. The van der Waals surface area contributed by atoms with Gasteiger partial charge in [0, 0.05) is 43.0 Å². The number of nitrogens with one attached hydrogen (secondary N) is 1. The molecule has 0 aromatic heterocycles. The van der Waals surface area contributed by atoms with Crippen molar-refractivity contribution in [3.05, 3.63) is 23.2 Å². The van der Waals surface area contributed by atoms with Gasteiger partial charge in [0.1, 0.15) is 0 Å². The van der Waals surface area contributed by atoms with Crippen molar-refractivity contribution in [3.63, 3.8) is 0 Å². The van der Waals surface area contributed by atoms with Gasteiger partial charge in [0.05, 0.1) is 11.4 Å². The van der Waals surface area contributed by atoms with Crippen molar-refractivity contribution >= 4 is 34.8 Å². The smallest absolute Gasteiger partial charge is 0.229 e. The van der Waals surface area contributed by atoms with Crippen molar-refractivity contribution in [1.82, 2.24) is 4.90 Å². The summed E-state index contributed by atoms with van der Waals surface area (Å²) in [5.74, 6) is 0.137. The zero-order valence-electron chi connectivity index (χ0n) is 14.9. The Hall–Kier alpha value is -1.75. The standard InChI is InChI=1S/C18H26ClN3O2/c1-5-16(23)22-10-8-21(9-11-22)15-7-6-13(19)12-14(15)20-17(24)18(2,3)4/h6-7,12H,5,8-11H2,1-4H3,(H,20,24). The second-order valence-electron chi connectivity index (χ2n) is 7.09.